The number of carbonyl (C=O) groups is 1. The summed E-state index contributed by atoms with van der Waals surface area (Å²) in [4.78, 5) is 10.8. The Morgan fingerprint density at radius 1 is 1.16 bits per heavy atom. The van der Waals surface area contributed by atoms with E-state index in [1.54, 1.807) is 6.07 Å². The number of hydrogen-bond acceptors (Lipinski definition) is 2. The maximum atomic E-state index is 11.3. The first-order valence-corrected chi connectivity index (χ1v) is 6.68. The van der Waals surface area contributed by atoms with Gasteiger partial charge in [0.05, 0.1) is 5.56 Å². The molecule has 0 aliphatic heterocycles. The van der Waals surface area contributed by atoms with E-state index in [9.17, 15) is 9.90 Å². The molecule has 0 amide bonds. The van der Waals surface area contributed by atoms with Crippen LogP contribution in [0.3, 0.4) is 0 Å². The van der Waals surface area contributed by atoms with Gasteiger partial charge in [0, 0.05) is 0 Å². The Hall–Kier alpha value is 0.126. The molecule has 1 N–H and O–H groups in total. The number of rotatable bonds is 8. The largest absolute Gasteiger partial charge is 1.00 e. The average molecular weight is 288 g/mol. The summed E-state index contributed by atoms with van der Waals surface area (Å²) in [5, 5.41) is 20.1. The number of aryl methyl sites for hydroxylation is 1. The van der Waals surface area contributed by atoms with E-state index in [-0.39, 0.29) is 56.9 Å². The monoisotopic (exact) mass is 288 g/mol. The van der Waals surface area contributed by atoms with E-state index in [0.29, 0.717) is 0 Å². The van der Waals surface area contributed by atoms with E-state index in [2.05, 4.69) is 6.92 Å². The van der Waals surface area contributed by atoms with Gasteiger partial charge in [-0.25, -0.2) is 4.79 Å². The zero-order valence-corrected chi connectivity index (χ0v) is 15.1. The molecule has 0 saturated heterocycles. The van der Waals surface area contributed by atoms with Crippen LogP contribution in [0.2, 0.25) is 0 Å². The normalized spacial score (nSPS) is 9.95. The number of aromatic carboxylic acids is 1. The molecule has 4 heteroatoms. The first-order chi connectivity index (χ1) is 8.65. The van der Waals surface area contributed by atoms with Crippen molar-refractivity contribution < 1.29 is 66.4 Å². The molecule has 0 unspecified atom stereocenters. The standard InChI is InChI=1S/C15H22O3.K/c1-2-3-4-5-6-7-8-12-9-10-14(16)13(11-12)15(17)18;/h9-11,16H,2-8H2,1H3,(H,17,18);/q;+1/p-1. The van der Waals surface area contributed by atoms with Gasteiger partial charge >= 0.3 is 57.4 Å². The van der Waals surface area contributed by atoms with E-state index in [1.807, 2.05) is 0 Å². The summed E-state index contributed by atoms with van der Waals surface area (Å²) in [6.45, 7) is 2.19. The van der Waals surface area contributed by atoms with E-state index in [4.69, 9.17) is 5.11 Å². The van der Waals surface area contributed by atoms with Crippen LogP contribution in [-0.2, 0) is 6.42 Å². The van der Waals surface area contributed by atoms with Crippen molar-refractivity contribution >= 4 is 5.97 Å². The van der Waals surface area contributed by atoms with Crippen molar-refractivity contribution in [2.45, 2.75) is 51.9 Å². The second-order valence-corrected chi connectivity index (χ2v) is 4.65. The molecule has 0 fully saturated rings. The SMILES string of the molecule is CCCCCCCCc1ccc([O-])c(C(=O)O)c1.[K+]. The van der Waals surface area contributed by atoms with Gasteiger partial charge in [0.15, 0.2) is 0 Å². The smallest absolute Gasteiger partial charge is 0.872 e. The molecule has 0 radical (unpaired) electrons. The minimum Gasteiger partial charge on any atom is -0.872 e. The fourth-order valence-corrected chi connectivity index (χ4v) is 2.01. The van der Waals surface area contributed by atoms with E-state index < -0.39 is 11.7 Å². The van der Waals surface area contributed by atoms with Gasteiger partial charge in [0.25, 0.3) is 0 Å². The topological polar surface area (TPSA) is 60.4 Å². The van der Waals surface area contributed by atoms with Crippen LogP contribution in [0.1, 0.15) is 61.4 Å². The molecule has 1 aromatic rings. The van der Waals surface area contributed by atoms with Gasteiger partial charge in [-0.05, 0) is 24.5 Å². The van der Waals surface area contributed by atoms with E-state index in [0.717, 1.165) is 18.4 Å². The third kappa shape index (κ3) is 7.47. The van der Waals surface area contributed by atoms with Crippen molar-refractivity contribution in [2.24, 2.45) is 0 Å². The Bertz CT molecular complexity index is 391. The molecule has 3 nitrogen and oxygen atoms in total. The van der Waals surface area contributed by atoms with Crippen LogP contribution >= 0.6 is 0 Å². The molecule has 1 rings (SSSR count). The quantitative estimate of drug-likeness (QED) is 0.555. The van der Waals surface area contributed by atoms with Crippen LogP contribution in [0.5, 0.6) is 5.75 Å². The Morgan fingerprint density at radius 2 is 1.79 bits per heavy atom. The van der Waals surface area contributed by atoms with Gasteiger partial charge in [-0.2, -0.15) is 0 Å². The zero-order chi connectivity index (χ0) is 13.4. The third-order valence-corrected chi connectivity index (χ3v) is 3.09. The summed E-state index contributed by atoms with van der Waals surface area (Å²) in [6.07, 6.45) is 8.12. The summed E-state index contributed by atoms with van der Waals surface area (Å²) in [5.74, 6) is -1.54. The van der Waals surface area contributed by atoms with Crippen molar-refractivity contribution in [3.8, 4) is 5.75 Å². The molecule has 0 heterocycles. The molecule has 0 aliphatic rings. The second kappa shape index (κ2) is 10.9. The fourth-order valence-electron chi connectivity index (χ4n) is 2.01. The van der Waals surface area contributed by atoms with Crippen LogP contribution in [0.15, 0.2) is 18.2 Å². The Labute approximate surface area is 157 Å². The van der Waals surface area contributed by atoms with Crippen LogP contribution in [0.25, 0.3) is 0 Å². The van der Waals surface area contributed by atoms with Gasteiger partial charge in [0.1, 0.15) is 0 Å². The van der Waals surface area contributed by atoms with Crippen molar-refractivity contribution in [3.63, 3.8) is 0 Å². The van der Waals surface area contributed by atoms with Crippen LogP contribution in [-0.4, -0.2) is 11.1 Å². The molecule has 19 heavy (non-hydrogen) atoms. The van der Waals surface area contributed by atoms with Crippen molar-refractivity contribution in [1.82, 2.24) is 0 Å². The molecule has 1 aromatic carbocycles. The van der Waals surface area contributed by atoms with Crippen molar-refractivity contribution in [1.29, 1.82) is 0 Å². The maximum Gasteiger partial charge on any atom is 1.00 e. The van der Waals surface area contributed by atoms with Gasteiger partial charge in [-0.3, -0.25) is 0 Å². The summed E-state index contributed by atoms with van der Waals surface area (Å²) < 4.78 is 0. The van der Waals surface area contributed by atoms with Gasteiger partial charge in [0.2, 0.25) is 0 Å². The van der Waals surface area contributed by atoms with Crippen LogP contribution in [0.4, 0.5) is 0 Å². The molecule has 0 aliphatic carbocycles. The van der Waals surface area contributed by atoms with E-state index >= 15 is 0 Å². The summed E-state index contributed by atoms with van der Waals surface area (Å²) >= 11 is 0. The number of benzene rings is 1. The zero-order valence-electron chi connectivity index (χ0n) is 11.9. The first kappa shape index (κ1) is 19.1. The minimum absolute atomic E-state index is 0. The molecule has 100 valence electrons. The Kier molecular flexibility index (Phi) is 10.9. The molecule has 0 aromatic heterocycles. The Balaban J connectivity index is 0.00000324. The Morgan fingerprint density at radius 3 is 2.42 bits per heavy atom. The van der Waals surface area contributed by atoms with Gasteiger partial charge in [-0.1, -0.05) is 56.9 Å². The van der Waals surface area contributed by atoms with Crippen LogP contribution < -0.4 is 56.5 Å². The van der Waals surface area contributed by atoms with Crippen molar-refractivity contribution in [2.75, 3.05) is 0 Å². The average Bonchev–Trinajstić information content (AvgIpc) is 2.35. The number of hydrogen-bond donors (Lipinski definition) is 1. The van der Waals surface area contributed by atoms with E-state index in [1.165, 1.54) is 44.2 Å². The molecule has 0 bridgehead atoms. The predicted octanol–water partition coefficient (Wildman–Crippen LogP) is 0.365. The minimum atomic E-state index is -1.13. The molecular weight excluding hydrogens is 267 g/mol. The van der Waals surface area contributed by atoms with Crippen LogP contribution in [0, 0.1) is 0 Å². The molecule has 0 saturated carbocycles. The fraction of sp³-hybridized carbons (Fsp3) is 0.533. The second-order valence-electron chi connectivity index (χ2n) is 4.65. The first-order valence-electron chi connectivity index (χ1n) is 6.68. The third-order valence-electron chi connectivity index (χ3n) is 3.09. The maximum absolute atomic E-state index is 11.3. The molecular formula is C15H21KO3. The predicted molar refractivity (Wildman–Crippen MR) is 69.9 cm³/mol. The molecule has 0 atom stereocenters. The summed E-state index contributed by atoms with van der Waals surface area (Å²) in [6, 6.07) is 4.60. The number of carboxylic acid groups (broad SMARTS) is 1. The molecule has 0 spiro atoms. The summed E-state index contributed by atoms with van der Waals surface area (Å²) in [7, 11) is 0. The van der Waals surface area contributed by atoms with Gasteiger partial charge in [-0.15, -0.1) is 0 Å². The van der Waals surface area contributed by atoms with Crippen molar-refractivity contribution in [3.05, 3.63) is 29.3 Å². The number of carboxylic acids is 1. The summed E-state index contributed by atoms with van der Waals surface area (Å²) in [5.41, 5.74) is 0.834. The van der Waals surface area contributed by atoms with Gasteiger partial charge < -0.3 is 10.2 Å². The number of unbranched alkanes of at least 4 members (excludes halogenated alkanes) is 5.